The van der Waals surface area contributed by atoms with E-state index in [-0.39, 0.29) is 18.3 Å². The van der Waals surface area contributed by atoms with Gasteiger partial charge in [0.2, 0.25) is 0 Å². The van der Waals surface area contributed by atoms with Gasteiger partial charge in [0.15, 0.2) is 11.5 Å². The van der Waals surface area contributed by atoms with Crippen LogP contribution in [0.15, 0.2) is 59.7 Å². The van der Waals surface area contributed by atoms with Crippen molar-refractivity contribution in [2.45, 2.75) is 84.3 Å². The van der Waals surface area contributed by atoms with Crippen molar-refractivity contribution in [3.8, 4) is 17.2 Å². The van der Waals surface area contributed by atoms with E-state index in [0.717, 1.165) is 62.0 Å². The molecule has 1 aliphatic heterocycles. The molecule has 1 aromatic rings. The molecule has 36 heavy (non-hydrogen) atoms. The molecule has 2 rings (SSSR count). The van der Waals surface area contributed by atoms with E-state index >= 15 is 0 Å². The minimum atomic E-state index is -0.297. The molecule has 5 heteroatoms. The molecule has 200 valence electrons. The summed E-state index contributed by atoms with van der Waals surface area (Å²) >= 11 is 0. The van der Waals surface area contributed by atoms with Crippen LogP contribution in [0.25, 0.3) is 0 Å². The molecule has 0 radical (unpaired) electrons. The Morgan fingerprint density at radius 1 is 1.00 bits per heavy atom. The number of methoxy groups -OCH3 is 2. The summed E-state index contributed by atoms with van der Waals surface area (Å²) in [6.07, 6.45) is 15.9. The van der Waals surface area contributed by atoms with E-state index in [1.165, 1.54) is 16.7 Å². The second-order valence-corrected chi connectivity index (χ2v) is 9.97. The molecule has 1 fully saturated rings. The lowest BCUT2D eigenvalue weighted by Crippen LogP contribution is -2.14. The Labute approximate surface area is 218 Å². The summed E-state index contributed by atoms with van der Waals surface area (Å²) in [4.78, 5) is 0. The smallest absolute Gasteiger partial charge is 0.165 e. The van der Waals surface area contributed by atoms with Crippen LogP contribution in [0.4, 0.5) is 0 Å². The van der Waals surface area contributed by atoms with Crippen molar-refractivity contribution in [3.05, 3.63) is 65.3 Å². The Morgan fingerprint density at radius 3 is 2.19 bits per heavy atom. The van der Waals surface area contributed by atoms with Crippen LogP contribution in [0, 0.1) is 0 Å². The Bertz CT molecular complexity index is 943. The van der Waals surface area contributed by atoms with Gasteiger partial charge in [0, 0.05) is 11.6 Å². The Balaban J connectivity index is 1.80. The van der Waals surface area contributed by atoms with Crippen LogP contribution in [0.3, 0.4) is 0 Å². The van der Waals surface area contributed by atoms with Gasteiger partial charge < -0.3 is 24.1 Å². The maximum absolute atomic E-state index is 9.30. The summed E-state index contributed by atoms with van der Waals surface area (Å²) in [7, 11) is 3.33. The highest BCUT2D eigenvalue weighted by molar-refractivity contribution is 5.52. The van der Waals surface area contributed by atoms with Crippen LogP contribution in [0.2, 0.25) is 0 Å². The first kappa shape index (κ1) is 29.7. The number of hydrogen-bond acceptors (Lipinski definition) is 5. The maximum atomic E-state index is 9.30. The zero-order valence-electron chi connectivity index (χ0n) is 23.2. The molecule has 0 unspecified atom stereocenters. The number of ether oxygens (including phenoxy) is 4. The molecule has 1 N–H and O–H groups in total. The van der Waals surface area contributed by atoms with E-state index in [1.54, 1.807) is 20.3 Å². The lowest BCUT2D eigenvalue weighted by atomic mass is 10.0. The van der Waals surface area contributed by atoms with Crippen molar-refractivity contribution in [3.63, 3.8) is 0 Å². The summed E-state index contributed by atoms with van der Waals surface area (Å²) in [6, 6.07) is 3.85. The molecule has 0 amide bonds. The third kappa shape index (κ3) is 9.51. The van der Waals surface area contributed by atoms with Crippen LogP contribution in [0.1, 0.15) is 71.8 Å². The van der Waals surface area contributed by atoms with E-state index in [4.69, 9.17) is 18.9 Å². The Kier molecular flexibility index (Phi) is 12.3. The minimum absolute atomic E-state index is 0.111. The van der Waals surface area contributed by atoms with Gasteiger partial charge in [0.05, 0.1) is 26.9 Å². The molecule has 2 atom stereocenters. The van der Waals surface area contributed by atoms with Gasteiger partial charge in [-0.3, -0.25) is 0 Å². The van der Waals surface area contributed by atoms with Gasteiger partial charge in [-0.2, -0.15) is 0 Å². The van der Waals surface area contributed by atoms with Crippen molar-refractivity contribution in [1.82, 2.24) is 0 Å². The van der Waals surface area contributed by atoms with Crippen LogP contribution >= 0.6 is 0 Å². The highest BCUT2D eigenvalue weighted by Gasteiger charge is 2.50. The summed E-state index contributed by atoms with van der Waals surface area (Å²) in [6.45, 7) is 12.8. The van der Waals surface area contributed by atoms with E-state index in [9.17, 15) is 5.11 Å². The Hall–Kier alpha value is -2.50. The first-order valence-electron chi connectivity index (χ1n) is 13.0. The number of benzene rings is 1. The maximum Gasteiger partial charge on any atom is 0.165 e. The van der Waals surface area contributed by atoms with Gasteiger partial charge in [-0.1, -0.05) is 47.6 Å². The van der Waals surface area contributed by atoms with Crippen molar-refractivity contribution in [1.29, 1.82) is 0 Å². The number of hydrogen-bond donors (Lipinski definition) is 1. The average Bonchev–Trinajstić information content (AvgIpc) is 3.54. The van der Waals surface area contributed by atoms with Crippen LogP contribution in [-0.2, 0) is 11.2 Å². The minimum Gasteiger partial charge on any atom is -0.497 e. The van der Waals surface area contributed by atoms with Crippen molar-refractivity contribution in [2.75, 3.05) is 27.4 Å². The highest BCUT2D eigenvalue weighted by atomic mass is 16.6. The van der Waals surface area contributed by atoms with E-state index in [0.29, 0.717) is 12.4 Å². The first-order chi connectivity index (χ1) is 17.3. The van der Waals surface area contributed by atoms with E-state index in [2.05, 4.69) is 45.6 Å². The fraction of sp³-hybridized carbons (Fsp3) is 0.548. The number of aliphatic hydroxyl groups excluding tert-OH is 1. The Morgan fingerprint density at radius 2 is 1.64 bits per heavy atom. The third-order valence-corrected chi connectivity index (χ3v) is 6.79. The van der Waals surface area contributed by atoms with E-state index < -0.39 is 0 Å². The average molecular weight is 499 g/mol. The predicted octanol–water partition coefficient (Wildman–Crippen LogP) is 7.14. The first-order valence-corrected chi connectivity index (χ1v) is 13.0. The zero-order chi connectivity index (χ0) is 26.6. The molecular formula is C31H46O5. The fourth-order valence-corrected chi connectivity index (χ4v) is 4.22. The second kappa shape index (κ2) is 14.9. The van der Waals surface area contributed by atoms with Crippen LogP contribution < -0.4 is 14.2 Å². The summed E-state index contributed by atoms with van der Waals surface area (Å²) in [5.41, 5.74) is 4.94. The quantitative estimate of drug-likeness (QED) is 0.183. The summed E-state index contributed by atoms with van der Waals surface area (Å²) in [5.74, 6) is 2.17. The van der Waals surface area contributed by atoms with Gasteiger partial charge >= 0.3 is 0 Å². The second-order valence-electron chi connectivity index (χ2n) is 9.97. The molecule has 1 aliphatic rings. The van der Waals surface area contributed by atoms with Crippen molar-refractivity contribution >= 4 is 0 Å². The SMILES string of the molecule is C=CCOc1cc(OC)cc(C/C=C(\C)CC/C=C(\C)CC/C=C(\C)CC[C@@H]2O[C@@]2(C)CO)c1OC. The number of epoxide rings is 1. The van der Waals surface area contributed by atoms with Crippen molar-refractivity contribution < 1.29 is 24.1 Å². The molecule has 0 saturated carbocycles. The van der Waals surface area contributed by atoms with Gasteiger partial charge in [0.25, 0.3) is 0 Å². The molecule has 0 aliphatic carbocycles. The summed E-state index contributed by atoms with van der Waals surface area (Å²) < 4.78 is 22.4. The summed E-state index contributed by atoms with van der Waals surface area (Å²) in [5, 5.41) is 9.30. The highest BCUT2D eigenvalue weighted by Crippen LogP contribution is 2.39. The number of allylic oxidation sites excluding steroid dienone is 6. The third-order valence-electron chi connectivity index (χ3n) is 6.79. The molecule has 0 spiro atoms. The number of aliphatic hydroxyl groups is 1. The molecule has 5 nitrogen and oxygen atoms in total. The lowest BCUT2D eigenvalue weighted by molar-refractivity contribution is 0.184. The topological polar surface area (TPSA) is 60.5 Å². The predicted molar refractivity (Wildman–Crippen MR) is 148 cm³/mol. The molecular weight excluding hydrogens is 452 g/mol. The number of rotatable bonds is 17. The largest absolute Gasteiger partial charge is 0.497 e. The molecule has 0 aromatic heterocycles. The molecule has 0 bridgehead atoms. The van der Waals surface area contributed by atoms with Gasteiger partial charge in [-0.25, -0.2) is 0 Å². The molecule has 1 heterocycles. The van der Waals surface area contributed by atoms with E-state index in [1.807, 2.05) is 19.1 Å². The fourth-order valence-electron chi connectivity index (χ4n) is 4.22. The standard InChI is InChI=1S/C31H46O5/c1-8-19-35-28-21-27(33-6)20-26(30(28)34-7)17-15-24(3)13-9-11-23(2)12-10-14-25(4)16-18-29-31(5,22-32)36-29/h8,11,14-15,20-21,29,32H,1,9-10,12-13,16-19,22H2,2-7H3/b23-11+,24-15+,25-14+/t29-,31-/m0/s1. The zero-order valence-corrected chi connectivity index (χ0v) is 23.2. The van der Waals surface area contributed by atoms with Gasteiger partial charge in [-0.05, 0) is 78.7 Å². The van der Waals surface area contributed by atoms with Crippen molar-refractivity contribution in [2.24, 2.45) is 0 Å². The lowest BCUT2D eigenvalue weighted by Gasteiger charge is -2.15. The molecule has 1 saturated heterocycles. The molecule has 1 aromatic carbocycles. The normalized spacial score (nSPS) is 20.3. The van der Waals surface area contributed by atoms with Crippen LogP contribution in [-0.4, -0.2) is 44.2 Å². The van der Waals surface area contributed by atoms with Gasteiger partial charge in [0.1, 0.15) is 18.0 Å². The van der Waals surface area contributed by atoms with Gasteiger partial charge in [-0.15, -0.1) is 0 Å². The van der Waals surface area contributed by atoms with Crippen LogP contribution in [0.5, 0.6) is 17.2 Å². The monoisotopic (exact) mass is 498 g/mol.